The third kappa shape index (κ3) is 5.07. The van der Waals surface area contributed by atoms with Crippen LogP contribution in [0.2, 0.25) is 0 Å². The number of nitrogens with one attached hydrogen (secondary N) is 2. The predicted molar refractivity (Wildman–Crippen MR) is 141 cm³/mol. The van der Waals surface area contributed by atoms with Gasteiger partial charge in [0.05, 0.1) is 32.7 Å². The maximum atomic E-state index is 13.2. The van der Waals surface area contributed by atoms with Gasteiger partial charge in [0.2, 0.25) is 0 Å². The highest BCUT2D eigenvalue weighted by Gasteiger charge is 2.40. The van der Waals surface area contributed by atoms with Gasteiger partial charge in [-0.1, -0.05) is 23.7 Å². The summed E-state index contributed by atoms with van der Waals surface area (Å²) in [6, 6.07) is 16.6. The Kier molecular flexibility index (Phi) is 7.35. The van der Waals surface area contributed by atoms with Crippen molar-refractivity contribution in [3.05, 3.63) is 82.5 Å². The first-order chi connectivity index (χ1) is 17.8. The molecule has 0 spiro atoms. The lowest BCUT2D eigenvalue weighted by molar-refractivity contribution is -0.120. The van der Waals surface area contributed by atoms with E-state index in [0.717, 1.165) is 10.5 Å². The minimum atomic E-state index is -0.683. The van der Waals surface area contributed by atoms with Crippen molar-refractivity contribution in [2.75, 3.05) is 36.9 Å². The summed E-state index contributed by atoms with van der Waals surface area (Å²) in [5.74, 6) is -0.388. The van der Waals surface area contributed by atoms with E-state index >= 15 is 0 Å². The number of benzene rings is 3. The van der Waals surface area contributed by atoms with Crippen LogP contribution in [0.25, 0.3) is 0 Å². The Morgan fingerprint density at radius 2 is 1.59 bits per heavy atom. The lowest BCUT2D eigenvalue weighted by atomic mass is 10.1. The van der Waals surface area contributed by atoms with Crippen molar-refractivity contribution in [3.63, 3.8) is 0 Å². The monoisotopic (exact) mass is 521 g/mol. The van der Waals surface area contributed by atoms with E-state index in [0.29, 0.717) is 34.2 Å². The van der Waals surface area contributed by atoms with Gasteiger partial charge in [-0.25, -0.2) is 4.90 Å². The number of rotatable bonds is 8. The number of methoxy groups -OCH3 is 3. The molecule has 1 heterocycles. The molecule has 190 valence electrons. The molecule has 0 bridgehead atoms. The second kappa shape index (κ2) is 10.6. The Morgan fingerprint density at radius 3 is 2.30 bits per heavy atom. The number of amides is 3. The standard InChI is InChI=1S/C27H24ClN3O6/c1-15-8-10-22(37-4)20(12-15)31-26(33)23(28)24(27(31)34)29-17-7-5-6-16(13-17)25(32)30-19-14-18(35-2)9-11-21(19)36-3/h5-14,29H,1-4H3,(H,30,32). The summed E-state index contributed by atoms with van der Waals surface area (Å²) >= 11 is 6.28. The van der Waals surface area contributed by atoms with Crippen LogP contribution in [0.3, 0.4) is 0 Å². The molecule has 3 amide bonds. The Bertz CT molecular complexity index is 1440. The molecule has 3 aromatic rings. The number of aryl methyl sites for hydroxylation is 1. The summed E-state index contributed by atoms with van der Waals surface area (Å²) in [7, 11) is 4.47. The fourth-order valence-electron chi connectivity index (χ4n) is 3.79. The smallest absolute Gasteiger partial charge is 0.283 e. The van der Waals surface area contributed by atoms with Crippen LogP contribution in [0.4, 0.5) is 17.1 Å². The zero-order chi connectivity index (χ0) is 26.7. The fraction of sp³-hybridized carbons (Fsp3) is 0.148. The molecule has 0 radical (unpaired) electrons. The van der Waals surface area contributed by atoms with Crippen LogP contribution in [0.15, 0.2) is 71.4 Å². The van der Waals surface area contributed by atoms with Crippen molar-refractivity contribution in [1.82, 2.24) is 0 Å². The van der Waals surface area contributed by atoms with Crippen LogP contribution < -0.4 is 29.7 Å². The Hall–Kier alpha value is -4.50. The topological polar surface area (TPSA) is 106 Å². The number of anilines is 3. The van der Waals surface area contributed by atoms with Crippen molar-refractivity contribution >= 4 is 46.4 Å². The number of imide groups is 1. The van der Waals surface area contributed by atoms with E-state index in [2.05, 4.69) is 10.6 Å². The summed E-state index contributed by atoms with van der Waals surface area (Å²) in [5, 5.41) is 5.41. The van der Waals surface area contributed by atoms with Crippen LogP contribution in [-0.2, 0) is 9.59 Å². The van der Waals surface area contributed by atoms with Gasteiger partial charge < -0.3 is 24.8 Å². The van der Waals surface area contributed by atoms with E-state index < -0.39 is 17.7 Å². The zero-order valence-corrected chi connectivity index (χ0v) is 21.3. The molecule has 9 nitrogen and oxygen atoms in total. The Morgan fingerprint density at radius 1 is 0.865 bits per heavy atom. The van der Waals surface area contributed by atoms with Gasteiger partial charge >= 0.3 is 0 Å². The molecule has 37 heavy (non-hydrogen) atoms. The van der Waals surface area contributed by atoms with E-state index in [1.165, 1.54) is 27.4 Å². The summed E-state index contributed by atoms with van der Waals surface area (Å²) in [4.78, 5) is 40.1. The van der Waals surface area contributed by atoms with Crippen molar-refractivity contribution in [2.45, 2.75) is 6.92 Å². The normalized spacial score (nSPS) is 13.1. The third-order valence-electron chi connectivity index (χ3n) is 5.65. The van der Waals surface area contributed by atoms with E-state index in [-0.39, 0.29) is 16.4 Å². The molecule has 0 saturated carbocycles. The molecule has 3 aromatic carbocycles. The van der Waals surface area contributed by atoms with E-state index in [9.17, 15) is 14.4 Å². The Labute approximate surface area is 218 Å². The van der Waals surface area contributed by atoms with E-state index in [1.807, 2.05) is 6.92 Å². The molecule has 0 unspecified atom stereocenters. The molecule has 1 aliphatic heterocycles. The molecule has 0 fully saturated rings. The number of carbonyl (C=O) groups excluding carboxylic acids is 3. The molecule has 1 aliphatic rings. The van der Waals surface area contributed by atoms with Gasteiger partial charge in [-0.15, -0.1) is 0 Å². The maximum Gasteiger partial charge on any atom is 0.283 e. The quantitative estimate of drug-likeness (QED) is 0.413. The highest BCUT2D eigenvalue weighted by molar-refractivity contribution is 6.53. The average Bonchev–Trinajstić information content (AvgIpc) is 3.11. The fourth-order valence-corrected chi connectivity index (χ4v) is 4.01. The van der Waals surface area contributed by atoms with E-state index in [1.54, 1.807) is 54.6 Å². The molecular formula is C27H24ClN3O6. The second-order valence-electron chi connectivity index (χ2n) is 8.04. The van der Waals surface area contributed by atoms with Crippen molar-refractivity contribution in [2.24, 2.45) is 0 Å². The lowest BCUT2D eigenvalue weighted by Crippen LogP contribution is -2.32. The maximum absolute atomic E-state index is 13.2. The number of carbonyl (C=O) groups is 3. The molecule has 0 atom stereocenters. The van der Waals surface area contributed by atoms with Crippen molar-refractivity contribution < 1.29 is 28.6 Å². The summed E-state index contributed by atoms with van der Waals surface area (Å²) in [5.41, 5.74) is 2.11. The number of hydrogen-bond donors (Lipinski definition) is 2. The minimum absolute atomic E-state index is 0.109. The van der Waals surface area contributed by atoms with Crippen LogP contribution in [-0.4, -0.2) is 39.1 Å². The van der Waals surface area contributed by atoms with Gasteiger partial charge in [0.25, 0.3) is 17.7 Å². The lowest BCUT2D eigenvalue weighted by Gasteiger charge is -2.18. The highest BCUT2D eigenvalue weighted by atomic mass is 35.5. The van der Waals surface area contributed by atoms with Gasteiger partial charge in [-0.2, -0.15) is 0 Å². The SMILES string of the molecule is COc1ccc(OC)c(NC(=O)c2cccc(NC3=C(Cl)C(=O)N(c4cc(C)ccc4OC)C3=O)c2)c1. The average molecular weight is 522 g/mol. The number of ether oxygens (including phenoxy) is 3. The molecule has 0 saturated heterocycles. The number of nitrogens with zero attached hydrogens (tertiary/aromatic N) is 1. The second-order valence-corrected chi connectivity index (χ2v) is 8.41. The minimum Gasteiger partial charge on any atom is -0.497 e. The molecule has 10 heteroatoms. The highest BCUT2D eigenvalue weighted by Crippen LogP contribution is 2.36. The molecule has 2 N–H and O–H groups in total. The molecule has 0 aliphatic carbocycles. The van der Waals surface area contributed by atoms with Gasteiger partial charge in [-0.05, 0) is 55.0 Å². The van der Waals surface area contributed by atoms with Crippen LogP contribution >= 0.6 is 11.6 Å². The summed E-state index contributed by atoms with van der Waals surface area (Å²) in [6.07, 6.45) is 0. The molecular weight excluding hydrogens is 498 g/mol. The van der Waals surface area contributed by atoms with Gasteiger partial charge in [-0.3, -0.25) is 14.4 Å². The Balaban J connectivity index is 1.57. The molecule has 4 rings (SSSR count). The number of hydrogen-bond acceptors (Lipinski definition) is 7. The van der Waals surface area contributed by atoms with Crippen LogP contribution in [0.5, 0.6) is 17.2 Å². The summed E-state index contributed by atoms with van der Waals surface area (Å²) in [6.45, 7) is 1.83. The van der Waals surface area contributed by atoms with Gasteiger partial charge in [0.1, 0.15) is 28.0 Å². The first kappa shape index (κ1) is 25.6. The summed E-state index contributed by atoms with van der Waals surface area (Å²) < 4.78 is 15.9. The van der Waals surface area contributed by atoms with Crippen molar-refractivity contribution in [3.8, 4) is 17.2 Å². The number of halogens is 1. The van der Waals surface area contributed by atoms with Gasteiger partial charge in [0.15, 0.2) is 0 Å². The van der Waals surface area contributed by atoms with Gasteiger partial charge in [0, 0.05) is 17.3 Å². The van der Waals surface area contributed by atoms with E-state index in [4.69, 9.17) is 25.8 Å². The van der Waals surface area contributed by atoms with Crippen LogP contribution in [0, 0.1) is 6.92 Å². The first-order valence-corrected chi connectivity index (χ1v) is 11.5. The largest absolute Gasteiger partial charge is 0.497 e. The first-order valence-electron chi connectivity index (χ1n) is 11.1. The van der Waals surface area contributed by atoms with Crippen molar-refractivity contribution in [1.29, 1.82) is 0 Å². The molecule has 0 aromatic heterocycles. The zero-order valence-electron chi connectivity index (χ0n) is 20.5. The predicted octanol–water partition coefficient (Wildman–Crippen LogP) is 4.71. The third-order valence-corrected chi connectivity index (χ3v) is 6.00. The van der Waals surface area contributed by atoms with Crippen LogP contribution in [0.1, 0.15) is 15.9 Å².